The summed E-state index contributed by atoms with van der Waals surface area (Å²) in [4.78, 5) is 24.8. The third-order valence-corrected chi connectivity index (χ3v) is 3.11. The van der Waals surface area contributed by atoms with Gasteiger partial charge in [0.15, 0.2) is 0 Å². The molecule has 0 aliphatic heterocycles. The minimum atomic E-state index is -1.06. The maximum atomic E-state index is 12.0. The number of carboxylic acids is 1. The molecule has 6 heteroatoms. The molecule has 1 aromatic rings. The Morgan fingerprint density at radius 1 is 1.47 bits per heavy atom. The molecule has 2 amide bonds. The fourth-order valence-electron chi connectivity index (χ4n) is 1.48. The Morgan fingerprint density at radius 2 is 2.16 bits per heavy atom. The number of urea groups is 1. The van der Waals surface area contributed by atoms with E-state index in [1.165, 1.54) is 22.7 Å². The van der Waals surface area contributed by atoms with Crippen LogP contribution in [0.15, 0.2) is 41.8 Å². The molecular weight excluding hydrogens is 264 g/mol. The van der Waals surface area contributed by atoms with Gasteiger partial charge in [-0.2, -0.15) is 0 Å². The van der Waals surface area contributed by atoms with E-state index in [9.17, 15) is 9.59 Å². The molecule has 0 aliphatic carbocycles. The first-order valence-electron chi connectivity index (χ1n) is 5.60. The van der Waals surface area contributed by atoms with Gasteiger partial charge in [0.05, 0.1) is 5.69 Å². The highest BCUT2D eigenvalue weighted by atomic mass is 32.2. The van der Waals surface area contributed by atoms with Crippen LogP contribution in [0.3, 0.4) is 0 Å². The zero-order chi connectivity index (χ0) is 14.3. The van der Waals surface area contributed by atoms with Crippen LogP contribution in [0.2, 0.25) is 0 Å². The molecule has 2 N–H and O–H groups in total. The van der Waals surface area contributed by atoms with Crippen LogP contribution in [0, 0.1) is 0 Å². The number of hydrogen-bond donors (Lipinski definition) is 2. The van der Waals surface area contributed by atoms with Crippen molar-refractivity contribution in [2.75, 3.05) is 24.7 Å². The summed E-state index contributed by atoms with van der Waals surface area (Å²) in [6.07, 6.45) is 3.40. The summed E-state index contributed by atoms with van der Waals surface area (Å²) in [5.41, 5.74) is 0.666. The molecule has 1 aromatic carbocycles. The van der Waals surface area contributed by atoms with E-state index in [0.717, 1.165) is 4.90 Å². The number of benzene rings is 1. The summed E-state index contributed by atoms with van der Waals surface area (Å²) in [6.45, 7) is 3.33. The van der Waals surface area contributed by atoms with Crippen molar-refractivity contribution in [3.8, 4) is 0 Å². The maximum Gasteiger partial charge on any atom is 0.323 e. The molecule has 0 aromatic heterocycles. The minimum absolute atomic E-state index is 0.180. The van der Waals surface area contributed by atoms with Crippen LogP contribution in [-0.4, -0.2) is 41.4 Å². The predicted molar refractivity (Wildman–Crippen MR) is 76.6 cm³/mol. The van der Waals surface area contributed by atoms with E-state index in [2.05, 4.69) is 11.9 Å². The first-order chi connectivity index (χ1) is 9.08. The van der Waals surface area contributed by atoms with Crippen LogP contribution in [0.5, 0.6) is 0 Å². The largest absolute Gasteiger partial charge is 0.480 e. The summed E-state index contributed by atoms with van der Waals surface area (Å²) in [5.74, 6) is -1.06. The normalized spacial score (nSPS) is 9.74. The standard InChI is InChI=1S/C13H16N2O3S/c1-3-8-15(9-12(16)17)13(18)14-10-6-4-5-7-11(10)19-2/h3-7H,1,8-9H2,2H3,(H,14,18)(H,16,17). The molecule has 1 rings (SSSR count). The lowest BCUT2D eigenvalue weighted by Crippen LogP contribution is -2.38. The van der Waals surface area contributed by atoms with E-state index in [1.54, 1.807) is 6.07 Å². The number of nitrogens with one attached hydrogen (secondary N) is 1. The Kier molecular flexibility index (Phi) is 5.95. The molecule has 102 valence electrons. The van der Waals surface area contributed by atoms with Gasteiger partial charge in [-0.3, -0.25) is 4.79 Å². The smallest absolute Gasteiger partial charge is 0.323 e. The van der Waals surface area contributed by atoms with Gasteiger partial charge in [0.25, 0.3) is 0 Å². The van der Waals surface area contributed by atoms with Crippen LogP contribution in [0.4, 0.5) is 10.5 Å². The molecular formula is C13H16N2O3S. The number of para-hydroxylation sites is 1. The van der Waals surface area contributed by atoms with Crippen LogP contribution >= 0.6 is 11.8 Å². The number of amides is 2. The predicted octanol–water partition coefficient (Wildman–Crippen LogP) is 2.51. The molecule has 19 heavy (non-hydrogen) atoms. The summed E-state index contributed by atoms with van der Waals surface area (Å²) in [7, 11) is 0. The SMILES string of the molecule is C=CCN(CC(=O)O)C(=O)Nc1ccccc1SC. The Hall–Kier alpha value is -1.95. The topological polar surface area (TPSA) is 69.6 Å². The highest BCUT2D eigenvalue weighted by Crippen LogP contribution is 2.24. The van der Waals surface area contributed by atoms with Gasteiger partial charge in [-0.15, -0.1) is 18.3 Å². The van der Waals surface area contributed by atoms with Gasteiger partial charge in [-0.05, 0) is 18.4 Å². The fourth-order valence-corrected chi connectivity index (χ4v) is 2.03. The molecule has 0 unspecified atom stereocenters. The zero-order valence-electron chi connectivity index (χ0n) is 10.6. The third-order valence-electron chi connectivity index (χ3n) is 2.31. The van der Waals surface area contributed by atoms with E-state index >= 15 is 0 Å². The number of thioether (sulfide) groups is 1. The van der Waals surface area contributed by atoms with E-state index in [1.807, 2.05) is 24.5 Å². The lowest BCUT2D eigenvalue weighted by Gasteiger charge is -2.20. The average Bonchev–Trinajstić information content (AvgIpc) is 2.38. The summed E-state index contributed by atoms with van der Waals surface area (Å²) < 4.78 is 0. The van der Waals surface area contributed by atoms with Crippen molar-refractivity contribution in [1.29, 1.82) is 0 Å². The third kappa shape index (κ3) is 4.67. The number of nitrogens with zero attached hydrogens (tertiary/aromatic N) is 1. The van der Waals surface area contributed by atoms with Gasteiger partial charge < -0.3 is 15.3 Å². The lowest BCUT2D eigenvalue weighted by atomic mass is 10.3. The van der Waals surface area contributed by atoms with E-state index < -0.39 is 12.0 Å². The van der Waals surface area contributed by atoms with E-state index in [-0.39, 0.29) is 13.1 Å². The van der Waals surface area contributed by atoms with Crippen LogP contribution < -0.4 is 5.32 Å². The molecule has 0 saturated heterocycles. The fraction of sp³-hybridized carbons (Fsp3) is 0.231. The molecule has 5 nitrogen and oxygen atoms in total. The Labute approximate surface area is 116 Å². The van der Waals surface area contributed by atoms with E-state index in [4.69, 9.17) is 5.11 Å². The Morgan fingerprint density at radius 3 is 2.74 bits per heavy atom. The van der Waals surface area contributed by atoms with Crippen molar-refractivity contribution in [3.63, 3.8) is 0 Å². The van der Waals surface area contributed by atoms with Crippen molar-refractivity contribution < 1.29 is 14.7 Å². The highest BCUT2D eigenvalue weighted by molar-refractivity contribution is 7.98. The monoisotopic (exact) mass is 280 g/mol. The molecule has 0 aliphatic rings. The Bertz CT molecular complexity index is 477. The lowest BCUT2D eigenvalue weighted by molar-refractivity contribution is -0.137. The van der Waals surface area contributed by atoms with Gasteiger partial charge >= 0.3 is 12.0 Å². The van der Waals surface area contributed by atoms with Gasteiger partial charge in [-0.25, -0.2) is 4.79 Å². The number of carbonyl (C=O) groups is 2. The number of anilines is 1. The quantitative estimate of drug-likeness (QED) is 0.620. The molecule has 0 fully saturated rings. The molecule has 0 radical (unpaired) electrons. The summed E-state index contributed by atoms with van der Waals surface area (Å²) in [6, 6.07) is 6.89. The van der Waals surface area contributed by atoms with Crippen LogP contribution in [-0.2, 0) is 4.79 Å². The molecule has 0 heterocycles. The van der Waals surface area contributed by atoms with Gasteiger partial charge in [0.2, 0.25) is 0 Å². The molecule has 0 bridgehead atoms. The number of carboxylic acid groups (broad SMARTS) is 1. The van der Waals surface area contributed by atoms with Crippen LogP contribution in [0.25, 0.3) is 0 Å². The molecule has 0 atom stereocenters. The molecule has 0 saturated carbocycles. The van der Waals surface area contributed by atoms with Crippen molar-refractivity contribution >= 4 is 29.4 Å². The summed E-state index contributed by atoms with van der Waals surface area (Å²) in [5, 5.41) is 11.5. The second-order valence-electron chi connectivity index (χ2n) is 3.69. The second kappa shape index (κ2) is 7.48. The van der Waals surface area contributed by atoms with Gasteiger partial charge in [-0.1, -0.05) is 18.2 Å². The Balaban J connectivity index is 2.80. The zero-order valence-corrected chi connectivity index (χ0v) is 11.4. The molecule has 0 spiro atoms. The van der Waals surface area contributed by atoms with Crippen LogP contribution in [0.1, 0.15) is 0 Å². The van der Waals surface area contributed by atoms with Crippen molar-refractivity contribution in [3.05, 3.63) is 36.9 Å². The highest BCUT2D eigenvalue weighted by Gasteiger charge is 2.16. The number of aliphatic carboxylic acids is 1. The van der Waals surface area contributed by atoms with Crippen molar-refractivity contribution in [2.24, 2.45) is 0 Å². The maximum absolute atomic E-state index is 12.0. The first kappa shape index (κ1) is 15.1. The summed E-state index contributed by atoms with van der Waals surface area (Å²) >= 11 is 1.51. The van der Waals surface area contributed by atoms with Crippen molar-refractivity contribution in [1.82, 2.24) is 4.90 Å². The van der Waals surface area contributed by atoms with Crippen molar-refractivity contribution in [2.45, 2.75) is 4.90 Å². The number of carbonyl (C=O) groups excluding carboxylic acids is 1. The number of hydrogen-bond acceptors (Lipinski definition) is 3. The number of rotatable bonds is 6. The first-order valence-corrected chi connectivity index (χ1v) is 6.82. The average molecular weight is 280 g/mol. The van der Waals surface area contributed by atoms with Gasteiger partial charge in [0.1, 0.15) is 6.54 Å². The minimum Gasteiger partial charge on any atom is -0.480 e. The second-order valence-corrected chi connectivity index (χ2v) is 4.54. The van der Waals surface area contributed by atoms with Gasteiger partial charge in [0, 0.05) is 11.4 Å². The van der Waals surface area contributed by atoms with E-state index in [0.29, 0.717) is 5.69 Å².